The first kappa shape index (κ1) is 23.3. The van der Waals surface area contributed by atoms with Gasteiger partial charge in [-0.05, 0) is 67.8 Å². The number of methoxy groups -OCH3 is 2. The summed E-state index contributed by atoms with van der Waals surface area (Å²) in [5.41, 5.74) is 3.64. The summed E-state index contributed by atoms with van der Waals surface area (Å²) in [5, 5.41) is 2.96. The molecule has 2 heterocycles. The van der Waals surface area contributed by atoms with Gasteiger partial charge >= 0.3 is 0 Å². The highest BCUT2D eigenvalue weighted by Crippen LogP contribution is 2.42. The molecule has 1 aromatic heterocycles. The molecule has 1 aliphatic rings. The second-order valence-corrected chi connectivity index (χ2v) is 8.51. The zero-order valence-corrected chi connectivity index (χ0v) is 19.9. The maximum absolute atomic E-state index is 13.5. The van der Waals surface area contributed by atoms with Crippen molar-refractivity contribution in [3.63, 3.8) is 0 Å². The van der Waals surface area contributed by atoms with Gasteiger partial charge in [-0.15, -0.1) is 0 Å². The van der Waals surface area contributed by atoms with E-state index in [4.69, 9.17) is 9.47 Å². The van der Waals surface area contributed by atoms with Gasteiger partial charge in [0.15, 0.2) is 11.5 Å². The lowest BCUT2D eigenvalue weighted by Gasteiger charge is -2.41. The van der Waals surface area contributed by atoms with Crippen LogP contribution in [0.5, 0.6) is 11.5 Å². The monoisotopic (exact) mass is 459 g/mol. The fourth-order valence-electron chi connectivity index (χ4n) is 4.42. The maximum atomic E-state index is 13.5. The average Bonchev–Trinajstić information content (AvgIpc) is 2.84. The number of nitrogens with one attached hydrogen (secondary N) is 1. The number of nitrogens with zero attached hydrogens (tertiary/aromatic N) is 2. The summed E-state index contributed by atoms with van der Waals surface area (Å²) < 4.78 is 10.9. The largest absolute Gasteiger partial charge is 0.493 e. The summed E-state index contributed by atoms with van der Waals surface area (Å²) in [6.45, 7) is 3.95. The molecule has 0 saturated carbocycles. The molecular weight excluding hydrogens is 430 g/mol. The van der Waals surface area contributed by atoms with Crippen LogP contribution in [0.1, 0.15) is 35.6 Å². The molecule has 2 unspecified atom stereocenters. The molecule has 34 heavy (non-hydrogen) atoms. The Balaban J connectivity index is 1.78. The number of anilines is 2. The fraction of sp³-hybridized carbons (Fsp3) is 0.296. The predicted molar refractivity (Wildman–Crippen MR) is 131 cm³/mol. The van der Waals surface area contributed by atoms with Gasteiger partial charge in [-0.3, -0.25) is 9.59 Å². The topological polar surface area (TPSA) is 80.8 Å². The number of benzene rings is 2. The Morgan fingerprint density at radius 1 is 0.971 bits per heavy atom. The molecule has 3 aromatic rings. The van der Waals surface area contributed by atoms with Gasteiger partial charge in [0.05, 0.1) is 26.2 Å². The second kappa shape index (κ2) is 9.95. The molecule has 0 radical (unpaired) electrons. The summed E-state index contributed by atoms with van der Waals surface area (Å²) in [6.07, 6.45) is 2.37. The molecule has 2 atom stereocenters. The molecule has 4 rings (SSSR count). The van der Waals surface area contributed by atoms with Crippen molar-refractivity contribution in [1.82, 2.24) is 4.98 Å². The van der Waals surface area contributed by atoms with Crippen LogP contribution < -0.4 is 19.7 Å². The highest BCUT2D eigenvalue weighted by Gasteiger charge is 2.42. The number of aromatic nitrogens is 1. The first-order valence-corrected chi connectivity index (χ1v) is 11.3. The molecule has 0 spiro atoms. The molecule has 0 aliphatic carbocycles. The minimum atomic E-state index is -0.520. The van der Waals surface area contributed by atoms with Gasteiger partial charge in [0, 0.05) is 18.3 Å². The number of piperidine rings is 1. The summed E-state index contributed by atoms with van der Waals surface area (Å²) in [5.74, 6) is 0.930. The summed E-state index contributed by atoms with van der Waals surface area (Å²) in [6, 6.07) is 16.5. The Morgan fingerprint density at radius 3 is 2.38 bits per heavy atom. The molecule has 7 nitrogen and oxygen atoms in total. The molecule has 176 valence electrons. The van der Waals surface area contributed by atoms with Gasteiger partial charge in [-0.2, -0.15) is 0 Å². The SMILES string of the molecule is COc1ccc(C2C(C(=O)Nc3cc(C)ccn3)CCC(=O)N2c2ccc(C)cc2)cc1OC. The van der Waals surface area contributed by atoms with Crippen molar-refractivity contribution >= 4 is 23.3 Å². The summed E-state index contributed by atoms with van der Waals surface area (Å²) >= 11 is 0. The Bertz CT molecular complexity index is 1190. The Labute approximate surface area is 199 Å². The first-order valence-electron chi connectivity index (χ1n) is 11.3. The zero-order chi connectivity index (χ0) is 24.2. The molecule has 7 heteroatoms. The molecule has 2 amide bonds. The Kier molecular flexibility index (Phi) is 6.82. The van der Waals surface area contributed by atoms with E-state index in [0.717, 1.165) is 22.4 Å². The number of amides is 2. The number of ether oxygens (including phenoxy) is 2. The van der Waals surface area contributed by atoms with Gasteiger partial charge in [0.25, 0.3) is 0 Å². The maximum Gasteiger partial charge on any atom is 0.231 e. The fourth-order valence-corrected chi connectivity index (χ4v) is 4.42. The molecule has 1 fully saturated rings. The average molecular weight is 460 g/mol. The van der Waals surface area contributed by atoms with Crippen molar-refractivity contribution in [2.24, 2.45) is 5.92 Å². The summed E-state index contributed by atoms with van der Waals surface area (Å²) in [4.78, 5) is 32.8. The van der Waals surface area contributed by atoms with E-state index in [1.807, 2.05) is 62.4 Å². The van der Waals surface area contributed by atoms with Gasteiger partial charge in [-0.1, -0.05) is 23.8 Å². The minimum Gasteiger partial charge on any atom is -0.493 e. The van der Waals surface area contributed by atoms with Crippen LogP contribution in [0.3, 0.4) is 0 Å². The van der Waals surface area contributed by atoms with Crippen molar-refractivity contribution in [3.05, 3.63) is 77.5 Å². The zero-order valence-electron chi connectivity index (χ0n) is 19.9. The van der Waals surface area contributed by atoms with E-state index in [2.05, 4.69) is 10.3 Å². The molecular formula is C27H29N3O4. The minimum absolute atomic E-state index is 0.0265. The predicted octanol–water partition coefficient (Wildman–Crippen LogP) is 4.84. The number of rotatable bonds is 6. The van der Waals surface area contributed by atoms with Crippen molar-refractivity contribution < 1.29 is 19.1 Å². The lowest BCUT2D eigenvalue weighted by Crippen LogP contribution is -2.47. The van der Waals surface area contributed by atoms with E-state index >= 15 is 0 Å². The van der Waals surface area contributed by atoms with Gasteiger partial charge < -0.3 is 19.7 Å². The number of pyridine rings is 1. The highest BCUT2D eigenvalue weighted by molar-refractivity contribution is 6.00. The van der Waals surface area contributed by atoms with Crippen LogP contribution >= 0.6 is 0 Å². The number of carbonyl (C=O) groups is 2. The Morgan fingerprint density at radius 2 is 1.71 bits per heavy atom. The number of hydrogen-bond acceptors (Lipinski definition) is 5. The lowest BCUT2D eigenvalue weighted by molar-refractivity contribution is -0.126. The summed E-state index contributed by atoms with van der Waals surface area (Å²) in [7, 11) is 3.14. The quantitative estimate of drug-likeness (QED) is 0.571. The van der Waals surface area contributed by atoms with E-state index in [-0.39, 0.29) is 18.2 Å². The van der Waals surface area contributed by atoms with Gasteiger partial charge in [0.1, 0.15) is 5.82 Å². The van der Waals surface area contributed by atoms with Crippen LogP contribution in [0.15, 0.2) is 60.8 Å². The van der Waals surface area contributed by atoms with Crippen LogP contribution in [0.25, 0.3) is 0 Å². The van der Waals surface area contributed by atoms with Crippen LogP contribution in [-0.4, -0.2) is 31.0 Å². The highest BCUT2D eigenvalue weighted by atomic mass is 16.5. The lowest BCUT2D eigenvalue weighted by atomic mass is 9.83. The van der Waals surface area contributed by atoms with Crippen LogP contribution in [0.4, 0.5) is 11.5 Å². The van der Waals surface area contributed by atoms with Crippen molar-refractivity contribution in [1.29, 1.82) is 0 Å². The smallest absolute Gasteiger partial charge is 0.231 e. The van der Waals surface area contributed by atoms with E-state index < -0.39 is 12.0 Å². The Hall–Kier alpha value is -3.87. The van der Waals surface area contributed by atoms with Crippen molar-refractivity contribution in [2.75, 3.05) is 24.4 Å². The van der Waals surface area contributed by atoms with Crippen molar-refractivity contribution in [3.8, 4) is 11.5 Å². The van der Waals surface area contributed by atoms with E-state index in [9.17, 15) is 9.59 Å². The molecule has 2 aromatic carbocycles. The van der Waals surface area contributed by atoms with Gasteiger partial charge in [0.2, 0.25) is 11.8 Å². The molecule has 1 N–H and O–H groups in total. The normalized spacial score (nSPS) is 17.9. The number of carbonyl (C=O) groups excluding carboxylic acids is 2. The van der Waals surface area contributed by atoms with Crippen molar-refractivity contribution in [2.45, 2.75) is 32.7 Å². The third kappa shape index (κ3) is 4.73. The third-order valence-electron chi connectivity index (χ3n) is 6.16. The number of hydrogen-bond donors (Lipinski definition) is 1. The third-order valence-corrected chi connectivity index (χ3v) is 6.16. The van der Waals surface area contributed by atoms with Gasteiger partial charge in [-0.25, -0.2) is 4.98 Å². The molecule has 1 aliphatic heterocycles. The number of aryl methyl sites for hydroxylation is 2. The standard InChI is InChI=1S/C27H29N3O4/c1-17-5-8-20(9-6-17)30-25(31)12-10-21(27(32)29-24-15-18(2)13-14-28-24)26(30)19-7-11-22(33-3)23(16-19)34-4/h5-9,11,13-16,21,26H,10,12H2,1-4H3,(H,28,29,32). The van der Waals surface area contributed by atoms with Crippen LogP contribution in [0, 0.1) is 19.8 Å². The van der Waals surface area contributed by atoms with E-state index in [1.54, 1.807) is 31.4 Å². The van der Waals surface area contributed by atoms with E-state index in [1.165, 1.54) is 0 Å². The van der Waals surface area contributed by atoms with Crippen LogP contribution in [0.2, 0.25) is 0 Å². The second-order valence-electron chi connectivity index (χ2n) is 8.51. The first-order chi connectivity index (χ1) is 16.4. The van der Waals surface area contributed by atoms with Crippen LogP contribution in [-0.2, 0) is 9.59 Å². The van der Waals surface area contributed by atoms with E-state index in [0.29, 0.717) is 23.7 Å². The molecule has 0 bridgehead atoms. The molecule has 1 saturated heterocycles.